The second-order valence-corrected chi connectivity index (χ2v) is 8.32. The van der Waals surface area contributed by atoms with Crippen molar-refractivity contribution in [1.29, 1.82) is 0 Å². The molecule has 0 saturated heterocycles. The summed E-state index contributed by atoms with van der Waals surface area (Å²) in [6, 6.07) is 11.8. The lowest BCUT2D eigenvalue weighted by atomic mass is 10.1. The summed E-state index contributed by atoms with van der Waals surface area (Å²) in [6.45, 7) is 8.78. The Bertz CT molecular complexity index is 951. The number of halogens is 2. The Kier molecular flexibility index (Phi) is 6.91. The first-order valence-corrected chi connectivity index (χ1v) is 10.9. The fourth-order valence-corrected chi connectivity index (χ4v) is 4.40. The van der Waals surface area contributed by atoms with Crippen molar-refractivity contribution >= 4 is 35.0 Å². The maximum Gasteiger partial charge on any atom is 0.191 e. The molecule has 1 heterocycles. The molecule has 28 heavy (non-hydrogen) atoms. The number of ether oxygens (including phenoxy) is 1. The fraction of sp³-hybridized carbons (Fsp3) is 0.333. The van der Waals surface area contributed by atoms with Crippen molar-refractivity contribution in [2.24, 2.45) is 0 Å². The van der Waals surface area contributed by atoms with E-state index in [4.69, 9.17) is 27.9 Å². The molecule has 0 bridgehead atoms. The lowest BCUT2D eigenvalue weighted by Crippen LogP contribution is -2.12. The van der Waals surface area contributed by atoms with Crippen molar-refractivity contribution in [1.82, 2.24) is 14.8 Å². The van der Waals surface area contributed by atoms with Crippen LogP contribution >= 0.6 is 35.0 Å². The summed E-state index contributed by atoms with van der Waals surface area (Å²) in [5.41, 5.74) is 3.08. The van der Waals surface area contributed by atoms with Crippen LogP contribution in [0.25, 0.3) is 0 Å². The SMILES string of the molecule is CCn1c(SCc2ccccc2Cl)nnc1C(C)Oc1cc(C)c(Cl)c(C)c1. The number of aromatic nitrogens is 3. The molecule has 2 aromatic carbocycles. The number of benzene rings is 2. The van der Waals surface area contributed by atoms with Gasteiger partial charge in [-0.15, -0.1) is 10.2 Å². The molecule has 0 amide bonds. The zero-order chi connectivity index (χ0) is 20.3. The molecule has 1 atom stereocenters. The number of nitrogens with zero attached hydrogens (tertiary/aromatic N) is 3. The van der Waals surface area contributed by atoms with Crippen LogP contribution in [0.5, 0.6) is 5.75 Å². The van der Waals surface area contributed by atoms with Crippen LogP contribution in [0.4, 0.5) is 0 Å². The fourth-order valence-electron chi connectivity index (χ4n) is 2.99. The van der Waals surface area contributed by atoms with E-state index in [9.17, 15) is 0 Å². The van der Waals surface area contributed by atoms with E-state index in [1.54, 1.807) is 11.8 Å². The summed E-state index contributed by atoms with van der Waals surface area (Å²) < 4.78 is 8.23. The van der Waals surface area contributed by atoms with Crippen molar-refractivity contribution in [3.05, 3.63) is 69.0 Å². The second kappa shape index (κ2) is 9.21. The molecule has 0 saturated carbocycles. The van der Waals surface area contributed by atoms with E-state index in [0.717, 1.165) is 55.8 Å². The Hall–Kier alpha value is -1.69. The highest BCUT2D eigenvalue weighted by molar-refractivity contribution is 7.98. The third kappa shape index (κ3) is 4.65. The molecule has 3 rings (SSSR count). The van der Waals surface area contributed by atoms with Crippen molar-refractivity contribution in [3.63, 3.8) is 0 Å². The predicted molar refractivity (Wildman–Crippen MR) is 117 cm³/mol. The minimum atomic E-state index is -0.234. The van der Waals surface area contributed by atoms with E-state index in [2.05, 4.69) is 21.7 Å². The Morgan fingerprint density at radius 1 is 1.11 bits per heavy atom. The molecule has 0 aliphatic heterocycles. The van der Waals surface area contributed by atoms with Crippen LogP contribution in [0.15, 0.2) is 41.6 Å². The van der Waals surface area contributed by atoms with Crippen LogP contribution < -0.4 is 4.74 Å². The van der Waals surface area contributed by atoms with Gasteiger partial charge in [-0.3, -0.25) is 0 Å². The van der Waals surface area contributed by atoms with Gasteiger partial charge < -0.3 is 9.30 Å². The lowest BCUT2D eigenvalue weighted by molar-refractivity contribution is 0.209. The minimum absolute atomic E-state index is 0.234. The van der Waals surface area contributed by atoms with Gasteiger partial charge in [0.1, 0.15) is 5.75 Å². The molecule has 0 aliphatic rings. The van der Waals surface area contributed by atoms with Crippen LogP contribution in [-0.4, -0.2) is 14.8 Å². The minimum Gasteiger partial charge on any atom is -0.483 e. The van der Waals surface area contributed by atoms with E-state index in [1.165, 1.54) is 0 Å². The summed E-state index contributed by atoms with van der Waals surface area (Å²) >= 11 is 14.1. The van der Waals surface area contributed by atoms with Crippen molar-refractivity contribution in [2.45, 2.75) is 51.3 Å². The standard InChI is InChI=1S/C21H23Cl2N3OS/c1-5-26-20(15(4)27-17-10-13(2)19(23)14(3)11-17)24-25-21(26)28-12-16-8-6-7-9-18(16)22/h6-11,15H,5,12H2,1-4H3. The summed E-state index contributed by atoms with van der Waals surface area (Å²) in [4.78, 5) is 0. The second-order valence-electron chi connectivity index (χ2n) is 6.60. The highest BCUT2D eigenvalue weighted by Gasteiger charge is 2.19. The zero-order valence-electron chi connectivity index (χ0n) is 16.4. The number of rotatable bonds is 7. The maximum atomic E-state index is 6.26. The van der Waals surface area contributed by atoms with Crippen molar-refractivity contribution < 1.29 is 4.74 Å². The van der Waals surface area contributed by atoms with Gasteiger partial charge in [-0.05, 0) is 62.6 Å². The number of hydrogen-bond donors (Lipinski definition) is 0. The number of aryl methyl sites for hydroxylation is 2. The Labute approximate surface area is 180 Å². The molecule has 0 fully saturated rings. The average molecular weight is 436 g/mol. The summed E-state index contributed by atoms with van der Waals surface area (Å²) in [6.07, 6.45) is -0.234. The number of thioether (sulfide) groups is 1. The smallest absolute Gasteiger partial charge is 0.191 e. The molecule has 4 nitrogen and oxygen atoms in total. The third-order valence-electron chi connectivity index (χ3n) is 4.46. The van der Waals surface area contributed by atoms with E-state index in [-0.39, 0.29) is 6.10 Å². The van der Waals surface area contributed by atoms with Crippen LogP contribution in [0.2, 0.25) is 10.0 Å². The van der Waals surface area contributed by atoms with E-state index in [1.807, 2.05) is 57.2 Å². The van der Waals surface area contributed by atoms with Crippen LogP contribution in [-0.2, 0) is 12.3 Å². The van der Waals surface area contributed by atoms with Crippen LogP contribution in [0.1, 0.15) is 42.5 Å². The molecule has 1 aromatic heterocycles. The maximum absolute atomic E-state index is 6.26. The van der Waals surface area contributed by atoms with Gasteiger partial charge in [-0.25, -0.2) is 0 Å². The van der Waals surface area contributed by atoms with Gasteiger partial charge in [0.15, 0.2) is 17.1 Å². The summed E-state index contributed by atoms with van der Waals surface area (Å²) in [5.74, 6) is 2.32. The molecule has 148 valence electrons. The van der Waals surface area contributed by atoms with E-state index >= 15 is 0 Å². The number of hydrogen-bond acceptors (Lipinski definition) is 4. The third-order valence-corrected chi connectivity index (χ3v) is 6.44. The molecule has 7 heteroatoms. The highest BCUT2D eigenvalue weighted by atomic mass is 35.5. The molecule has 0 aliphatic carbocycles. The Morgan fingerprint density at radius 3 is 2.43 bits per heavy atom. The highest BCUT2D eigenvalue weighted by Crippen LogP contribution is 2.31. The summed E-state index contributed by atoms with van der Waals surface area (Å²) in [7, 11) is 0. The lowest BCUT2D eigenvalue weighted by Gasteiger charge is -2.17. The topological polar surface area (TPSA) is 39.9 Å². The first kappa shape index (κ1) is 21.0. The quantitative estimate of drug-likeness (QED) is 0.389. The molecule has 3 aromatic rings. The monoisotopic (exact) mass is 435 g/mol. The van der Waals surface area contributed by atoms with Gasteiger partial charge in [-0.2, -0.15) is 0 Å². The van der Waals surface area contributed by atoms with Gasteiger partial charge >= 0.3 is 0 Å². The van der Waals surface area contributed by atoms with Gasteiger partial charge in [0.2, 0.25) is 0 Å². The van der Waals surface area contributed by atoms with Crippen molar-refractivity contribution in [2.75, 3.05) is 0 Å². The van der Waals surface area contributed by atoms with Gasteiger partial charge in [0.25, 0.3) is 0 Å². The van der Waals surface area contributed by atoms with Gasteiger partial charge in [-0.1, -0.05) is 53.2 Å². The zero-order valence-corrected chi connectivity index (χ0v) is 18.7. The molecule has 0 spiro atoms. The van der Waals surface area contributed by atoms with Gasteiger partial charge in [0.05, 0.1) is 0 Å². The first-order chi connectivity index (χ1) is 13.4. The molecule has 0 radical (unpaired) electrons. The van der Waals surface area contributed by atoms with Crippen molar-refractivity contribution in [3.8, 4) is 5.75 Å². The molecule has 0 N–H and O–H groups in total. The predicted octanol–water partition coefficient (Wildman–Crippen LogP) is 6.65. The molecule has 1 unspecified atom stereocenters. The normalized spacial score (nSPS) is 12.2. The molecular formula is C21H23Cl2N3OS. The molecular weight excluding hydrogens is 413 g/mol. The average Bonchev–Trinajstić information content (AvgIpc) is 3.08. The Balaban J connectivity index is 1.76. The summed E-state index contributed by atoms with van der Waals surface area (Å²) in [5, 5.41) is 11.2. The van der Waals surface area contributed by atoms with Gasteiger partial charge in [0, 0.05) is 22.3 Å². The van der Waals surface area contributed by atoms with E-state index < -0.39 is 0 Å². The van der Waals surface area contributed by atoms with Crippen LogP contribution in [0, 0.1) is 13.8 Å². The Morgan fingerprint density at radius 2 is 1.79 bits per heavy atom. The largest absolute Gasteiger partial charge is 0.483 e. The first-order valence-electron chi connectivity index (χ1n) is 9.13. The van der Waals surface area contributed by atoms with Crippen LogP contribution in [0.3, 0.4) is 0 Å². The van der Waals surface area contributed by atoms with E-state index in [0.29, 0.717) is 0 Å².